The van der Waals surface area contributed by atoms with E-state index >= 15 is 0 Å². The normalized spacial score (nSPS) is 26.9. The first-order chi connectivity index (χ1) is 14.1. The summed E-state index contributed by atoms with van der Waals surface area (Å²) in [4.78, 5) is 39.8. The zero-order valence-corrected chi connectivity index (χ0v) is 16.2. The molecule has 0 spiro atoms. The molecular weight excluding hydrogens is 364 g/mol. The molecule has 5 nitrogen and oxygen atoms in total. The monoisotopic (exact) mass is 386 g/mol. The summed E-state index contributed by atoms with van der Waals surface area (Å²) in [5.41, 5.74) is 2.89. The van der Waals surface area contributed by atoms with Gasteiger partial charge in [0.05, 0.1) is 17.5 Å². The number of benzene rings is 2. The maximum Gasteiger partial charge on any atom is 0.255 e. The number of para-hydroxylation sites is 1. The van der Waals surface area contributed by atoms with Crippen molar-refractivity contribution in [2.24, 2.45) is 23.7 Å². The molecule has 2 fully saturated rings. The van der Waals surface area contributed by atoms with Gasteiger partial charge in [0.15, 0.2) is 0 Å². The van der Waals surface area contributed by atoms with E-state index in [1.54, 1.807) is 24.3 Å². The highest BCUT2D eigenvalue weighted by atomic mass is 16.2. The first-order valence-corrected chi connectivity index (χ1v) is 10.1. The van der Waals surface area contributed by atoms with Gasteiger partial charge >= 0.3 is 0 Å². The minimum absolute atomic E-state index is 0.106. The molecule has 0 aromatic heterocycles. The van der Waals surface area contributed by atoms with Crippen molar-refractivity contribution in [1.82, 2.24) is 0 Å². The second-order valence-electron chi connectivity index (χ2n) is 8.02. The third kappa shape index (κ3) is 2.72. The molecule has 1 saturated heterocycles. The second kappa shape index (κ2) is 6.69. The molecule has 3 amide bonds. The van der Waals surface area contributed by atoms with Crippen LogP contribution in [0.2, 0.25) is 0 Å². The molecule has 1 saturated carbocycles. The SMILES string of the molecule is CCc1ccccc1NC(=O)c1ccc(N2C(=O)[C@@H]3[C@H](C2=O)[C@@H]2C=C[C@H]3C2)cc1. The van der Waals surface area contributed by atoms with Gasteiger partial charge < -0.3 is 5.32 Å². The van der Waals surface area contributed by atoms with E-state index in [0.29, 0.717) is 11.3 Å². The number of nitrogens with zero attached hydrogens (tertiary/aromatic N) is 1. The van der Waals surface area contributed by atoms with Crippen LogP contribution < -0.4 is 10.2 Å². The van der Waals surface area contributed by atoms with Crippen LogP contribution in [0.25, 0.3) is 0 Å². The molecule has 5 rings (SSSR count). The predicted molar refractivity (Wildman–Crippen MR) is 110 cm³/mol. The molecule has 1 aliphatic heterocycles. The lowest BCUT2D eigenvalue weighted by Crippen LogP contribution is -2.32. The fraction of sp³-hybridized carbons (Fsp3) is 0.292. The number of hydrogen-bond acceptors (Lipinski definition) is 3. The number of hydrogen-bond donors (Lipinski definition) is 1. The largest absolute Gasteiger partial charge is 0.322 e. The number of allylic oxidation sites excluding steroid dienone is 2. The smallest absolute Gasteiger partial charge is 0.255 e. The van der Waals surface area contributed by atoms with E-state index in [1.807, 2.05) is 31.2 Å². The fourth-order valence-corrected chi connectivity index (χ4v) is 5.06. The fourth-order valence-electron chi connectivity index (χ4n) is 5.06. The maximum atomic E-state index is 12.9. The number of imide groups is 1. The molecule has 1 N–H and O–H groups in total. The Kier molecular flexibility index (Phi) is 4.12. The Morgan fingerprint density at radius 2 is 1.59 bits per heavy atom. The standard InChI is InChI=1S/C24H22N2O3/c1-2-14-5-3-4-6-19(14)25-22(27)15-9-11-18(12-10-15)26-23(28)20-16-7-8-17(13-16)21(20)24(26)29/h3-12,16-17,20-21H,2,13H2,1H3,(H,25,27)/t16-,17+,20-,21+. The minimum Gasteiger partial charge on any atom is -0.322 e. The Morgan fingerprint density at radius 1 is 0.966 bits per heavy atom. The quantitative estimate of drug-likeness (QED) is 0.642. The Bertz CT molecular complexity index is 1010. The molecule has 5 heteroatoms. The molecular formula is C24H22N2O3. The molecule has 3 aliphatic rings. The summed E-state index contributed by atoms with van der Waals surface area (Å²) in [5.74, 6) is -0.477. The van der Waals surface area contributed by atoms with Crippen molar-refractivity contribution in [3.8, 4) is 0 Å². The van der Waals surface area contributed by atoms with Gasteiger partial charge in [0.2, 0.25) is 11.8 Å². The molecule has 2 aliphatic carbocycles. The minimum atomic E-state index is -0.217. The van der Waals surface area contributed by atoms with Crippen molar-refractivity contribution in [1.29, 1.82) is 0 Å². The number of amides is 3. The lowest BCUT2D eigenvalue weighted by atomic mass is 9.85. The Morgan fingerprint density at radius 3 is 2.21 bits per heavy atom. The summed E-state index contributed by atoms with van der Waals surface area (Å²) in [7, 11) is 0. The summed E-state index contributed by atoms with van der Waals surface area (Å²) in [6.45, 7) is 2.04. The van der Waals surface area contributed by atoms with Gasteiger partial charge in [-0.3, -0.25) is 19.3 Å². The molecule has 0 radical (unpaired) electrons. The third-order valence-electron chi connectivity index (χ3n) is 6.50. The van der Waals surface area contributed by atoms with Gasteiger partial charge in [-0.2, -0.15) is 0 Å². The number of anilines is 2. The molecule has 2 bridgehead atoms. The first-order valence-electron chi connectivity index (χ1n) is 10.1. The van der Waals surface area contributed by atoms with Crippen LogP contribution in [0.4, 0.5) is 11.4 Å². The van der Waals surface area contributed by atoms with E-state index in [0.717, 1.165) is 24.1 Å². The molecule has 2 aromatic rings. The van der Waals surface area contributed by atoms with Crippen LogP contribution in [0.5, 0.6) is 0 Å². The Hall–Kier alpha value is -3.21. The number of rotatable bonds is 4. The number of fused-ring (bicyclic) bond motifs is 5. The van der Waals surface area contributed by atoms with E-state index in [9.17, 15) is 14.4 Å². The summed E-state index contributed by atoms with van der Waals surface area (Å²) in [6.07, 6.45) is 5.91. The van der Waals surface area contributed by atoms with Crippen molar-refractivity contribution >= 4 is 29.1 Å². The van der Waals surface area contributed by atoms with Crippen LogP contribution in [0.3, 0.4) is 0 Å². The van der Waals surface area contributed by atoms with Crippen LogP contribution >= 0.6 is 0 Å². The van der Waals surface area contributed by atoms with E-state index < -0.39 is 0 Å². The Balaban J connectivity index is 1.35. The highest BCUT2D eigenvalue weighted by Gasteiger charge is 2.59. The van der Waals surface area contributed by atoms with E-state index in [-0.39, 0.29) is 41.4 Å². The summed E-state index contributed by atoms with van der Waals surface area (Å²) >= 11 is 0. The zero-order valence-electron chi connectivity index (χ0n) is 16.2. The van der Waals surface area contributed by atoms with Crippen molar-refractivity contribution in [2.75, 3.05) is 10.2 Å². The average Bonchev–Trinajstić information content (AvgIpc) is 3.42. The maximum absolute atomic E-state index is 12.9. The highest BCUT2D eigenvalue weighted by molar-refractivity contribution is 6.23. The van der Waals surface area contributed by atoms with Gasteiger partial charge in [0.25, 0.3) is 5.91 Å². The van der Waals surface area contributed by atoms with Gasteiger partial charge in [0.1, 0.15) is 0 Å². The molecule has 29 heavy (non-hydrogen) atoms. The van der Waals surface area contributed by atoms with Crippen LogP contribution in [0.1, 0.15) is 29.3 Å². The second-order valence-corrected chi connectivity index (χ2v) is 8.02. The summed E-state index contributed by atoms with van der Waals surface area (Å²) in [5, 5.41) is 2.94. The van der Waals surface area contributed by atoms with Crippen molar-refractivity contribution in [3.05, 3.63) is 71.8 Å². The van der Waals surface area contributed by atoms with Crippen molar-refractivity contribution in [2.45, 2.75) is 19.8 Å². The number of carbonyl (C=O) groups is 3. The van der Waals surface area contributed by atoms with Gasteiger partial charge in [-0.15, -0.1) is 0 Å². The molecule has 1 heterocycles. The number of carbonyl (C=O) groups excluding carboxylic acids is 3. The van der Waals surface area contributed by atoms with Crippen molar-refractivity contribution < 1.29 is 14.4 Å². The summed E-state index contributed by atoms with van der Waals surface area (Å²) in [6, 6.07) is 14.4. The summed E-state index contributed by atoms with van der Waals surface area (Å²) < 4.78 is 0. The van der Waals surface area contributed by atoms with Crippen LogP contribution in [0.15, 0.2) is 60.7 Å². The lowest BCUT2D eigenvalue weighted by molar-refractivity contribution is -0.123. The molecule has 0 unspecified atom stereocenters. The van der Waals surface area contributed by atoms with Gasteiger partial charge in [0, 0.05) is 11.3 Å². The van der Waals surface area contributed by atoms with E-state index in [1.165, 1.54) is 4.90 Å². The van der Waals surface area contributed by atoms with Gasteiger partial charge in [-0.05, 0) is 60.6 Å². The topological polar surface area (TPSA) is 66.5 Å². The lowest BCUT2D eigenvalue weighted by Gasteiger charge is -2.17. The van der Waals surface area contributed by atoms with E-state index in [4.69, 9.17) is 0 Å². The van der Waals surface area contributed by atoms with Crippen LogP contribution in [-0.2, 0) is 16.0 Å². The third-order valence-corrected chi connectivity index (χ3v) is 6.50. The van der Waals surface area contributed by atoms with Crippen molar-refractivity contribution in [3.63, 3.8) is 0 Å². The van der Waals surface area contributed by atoms with Gasteiger partial charge in [-0.25, -0.2) is 0 Å². The van der Waals surface area contributed by atoms with Crippen LogP contribution in [-0.4, -0.2) is 17.7 Å². The van der Waals surface area contributed by atoms with Gasteiger partial charge in [-0.1, -0.05) is 37.3 Å². The molecule has 4 atom stereocenters. The number of nitrogens with one attached hydrogen (secondary N) is 1. The average molecular weight is 386 g/mol. The Labute approximate surface area is 169 Å². The highest BCUT2D eigenvalue weighted by Crippen LogP contribution is 2.53. The first kappa shape index (κ1) is 17.9. The molecule has 2 aromatic carbocycles. The predicted octanol–water partition coefficient (Wildman–Crippen LogP) is 3.81. The number of aryl methyl sites for hydroxylation is 1. The van der Waals surface area contributed by atoms with Crippen LogP contribution in [0, 0.1) is 23.7 Å². The zero-order chi connectivity index (χ0) is 20.1. The van der Waals surface area contributed by atoms with E-state index in [2.05, 4.69) is 17.5 Å². The molecule has 146 valence electrons.